The van der Waals surface area contributed by atoms with Gasteiger partial charge in [-0.05, 0) is 24.0 Å². The van der Waals surface area contributed by atoms with E-state index in [9.17, 15) is 17.9 Å². The molecule has 0 aliphatic carbocycles. The van der Waals surface area contributed by atoms with Gasteiger partial charge in [-0.1, -0.05) is 13.0 Å². The molecule has 1 heterocycles. The molecule has 0 spiro atoms. The molecule has 7 heteroatoms. The molecule has 5 nitrogen and oxygen atoms in total. The molecule has 0 bridgehead atoms. The predicted octanol–water partition coefficient (Wildman–Crippen LogP) is 0.946. The molecule has 2 atom stereocenters. The zero-order valence-corrected chi connectivity index (χ0v) is 11.8. The van der Waals surface area contributed by atoms with E-state index >= 15 is 0 Å². The zero-order valence-electron chi connectivity index (χ0n) is 11.0. The second-order valence-electron chi connectivity index (χ2n) is 4.97. The summed E-state index contributed by atoms with van der Waals surface area (Å²) in [5.74, 6) is -0.961. The average molecular weight is 298 g/mol. The molecule has 1 fully saturated rings. The standard InChI is InChI=1S/C13H15FN2O3S/c1-9-6-16(7-10(9)8-17)20(18,19)13-4-2-3-12(14)11(13)5-15/h2-4,9-10,17H,6-8H2,1H3/t9-,10+/m1/s1. The summed E-state index contributed by atoms with van der Waals surface area (Å²) in [6.07, 6.45) is 0. The van der Waals surface area contributed by atoms with E-state index < -0.39 is 21.4 Å². The van der Waals surface area contributed by atoms with Crippen LogP contribution in [0.2, 0.25) is 0 Å². The van der Waals surface area contributed by atoms with Crippen LogP contribution in [0.15, 0.2) is 23.1 Å². The van der Waals surface area contributed by atoms with Crippen molar-refractivity contribution in [2.75, 3.05) is 19.7 Å². The molecule has 1 aliphatic rings. The van der Waals surface area contributed by atoms with Crippen LogP contribution in [0.1, 0.15) is 12.5 Å². The Labute approximate surface area is 117 Å². The lowest BCUT2D eigenvalue weighted by Crippen LogP contribution is -2.30. The summed E-state index contributed by atoms with van der Waals surface area (Å²) in [5, 5.41) is 18.1. The Morgan fingerprint density at radius 1 is 1.50 bits per heavy atom. The van der Waals surface area contributed by atoms with E-state index in [1.54, 1.807) is 6.07 Å². The maximum absolute atomic E-state index is 13.5. The second kappa shape index (κ2) is 5.48. The number of hydrogen-bond donors (Lipinski definition) is 1. The highest BCUT2D eigenvalue weighted by atomic mass is 32.2. The Bertz CT molecular complexity index is 654. The lowest BCUT2D eigenvalue weighted by atomic mass is 10.00. The molecule has 1 aromatic rings. The van der Waals surface area contributed by atoms with Gasteiger partial charge in [0.1, 0.15) is 22.3 Å². The van der Waals surface area contributed by atoms with E-state index in [1.165, 1.54) is 16.4 Å². The highest BCUT2D eigenvalue weighted by Crippen LogP contribution is 2.30. The fourth-order valence-corrected chi connectivity index (χ4v) is 4.14. The number of rotatable bonds is 3. The number of nitriles is 1. The number of halogens is 1. The number of aliphatic hydroxyl groups excluding tert-OH is 1. The maximum atomic E-state index is 13.5. The molecule has 1 N–H and O–H groups in total. The van der Waals surface area contributed by atoms with Gasteiger partial charge in [-0.15, -0.1) is 0 Å². The third-order valence-corrected chi connectivity index (χ3v) is 5.55. The summed E-state index contributed by atoms with van der Waals surface area (Å²) in [7, 11) is -3.92. The maximum Gasteiger partial charge on any atom is 0.244 e. The van der Waals surface area contributed by atoms with E-state index in [1.807, 2.05) is 6.92 Å². The first-order chi connectivity index (χ1) is 9.41. The Kier molecular flexibility index (Phi) is 4.09. The van der Waals surface area contributed by atoms with Gasteiger partial charge in [0.25, 0.3) is 0 Å². The van der Waals surface area contributed by atoms with Crippen molar-refractivity contribution in [1.29, 1.82) is 5.26 Å². The van der Waals surface area contributed by atoms with Crippen molar-refractivity contribution in [2.24, 2.45) is 11.8 Å². The van der Waals surface area contributed by atoms with Gasteiger partial charge >= 0.3 is 0 Å². The molecule has 1 saturated heterocycles. The van der Waals surface area contributed by atoms with Crippen molar-refractivity contribution in [3.8, 4) is 6.07 Å². The van der Waals surface area contributed by atoms with Crippen LogP contribution in [-0.4, -0.2) is 37.5 Å². The molecular formula is C13H15FN2O3S. The van der Waals surface area contributed by atoms with Gasteiger partial charge in [-0.3, -0.25) is 0 Å². The Morgan fingerprint density at radius 2 is 2.20 bits per heavy atom. The van der Waals surface area contributed by atoms with Crippen LogP contribution < -0.4 is 0 Å². The Hall–Kier alpha value is -1.49. The summed E-state index contributed by atoms with van der Waals surface area (Å²) in [6, 6.07) is 5.16. The van der Waals surface area contributed by atoms with E-state index in [0.29, 0.717) is 0 Å². The van der Waals surface area contributed by atoms with Gasteiger partial charge in [-0.2, -0.15) is 9.57 Å². The van der Waals surface area contributed by atoms with Gasteiger partial charge in [0.15, 0.2) is 0 Å². The van der Waals surface area contributed by atoms with Gasteiger partial charge in [0.05, 0.1) is 0 Å². The smallest absolute Gasteiger partial charge is 0.244 e. The minimum atomic E-state index is -3.92. The van der Waals surface area contributed by atoms with Crippen LogP contribution in [0.4, 0.5) is 4.39 Å². The molecule has 0 radical (unpaired) electrons. The third kappa shape index (κ3) is 2.42. The summed E-state index contributed by atoms with van der Waals surface area (Å²) in [4.78, 5) is -0.314. The molecular weight excluding hydrogens is 283 g/mol. The van der Waals surface area contributed by atoms with Crippen molar-refractivity contribution < 1.29 is 17.9 Å². The number of sulfonamides is 1. The number of aliphatic hydroxyl groups is 1. The fraction of sp³-hybridized carbons (Fsp3) is 0.462. The van der Waals surface area contributed by atoms with Gasteiger partial charge in [0.2, 0.25) is 10.0 Å². The van der Waals surface area contributed by atoms with Crippen molar-refractivity contribution in [2.45, 2.75) is 11.8 Å². The molecule has 1 aromatic carbocycles. The molecule has 2 rings (SSSR count). The summed E-state index contributed by atoms with van der Waals surface area (Å²) in [5.41, 5.74) is -0.465. The average Bonchev–Trinajstić information content (AvgIpc) is 2.80. The van der Waals surface area contributed by atoms with E-state index in [-0.39, 0.29) is 36.4 Å². The molecule has 0 aromatic heterocycles. The van der Waals surface area contributed by atoms with Gasteiger partial charge < -0.3 is 5.11 Å². The van der Waals surface area contributed by atoms with Crippen molar-refractivity contribution in [3.63, 3.8) is 0 Å². The van der Waals surface area contributed by atoms with Crippen molar-refractivity contribution in [3.05, 3.63) is 29.6 Å². The summed E-state index contributed by atoms with van der Waals surface area (Å²) < 4.78 is 39.7. The molecule has 108 valence electrons. The van der Waals surface area contributed by atoms with Crippen LogP contribution in [-0.2, 0) is 10.0 Å². The molecule has 0 amide bonds. The number of nitrogens with zero attached hydrogens (tertiary/aromatic N) is 2. The normalized spacial score (nSPS) is 23.7. The quantitative estimate of drug-likeness (QED) is 0.900. The lowest BCUT2D eigenvalue weighted by molar-refractivity contribution is 0.210. The Morgan fingerprint density at radius 3 is 2.75 bits per heavy atom. The minimum absolute atomic E-state index is 0.0221. The van der Waals surface area contributed by atoms with Crippen LogP contribution in [0, 0.1) is 29.0 Å². The molecule has 1 aliphatic heterocycles. The number of benzene rings is 1. The van der Waals surface area contributed by atoms with Crippen LogP contribution in [0.3, 0.4) is 0 Å². The summed E-state index contributed by atoms with van der Waals surface area (Å²) >= 11 is 0. The van der Waals surface area contributed by atoms with Crippen molar-refractivity contribution >= 4 is 10.0 Å². The molecule has 0 unspecified atom stereocenters. The predicted molar refractivity (Wildman–Crippen MR) is 69.6 cm³/mol. The topological polar surface area (TPSA) is 81.4 Å². The van der Waals surface area contributed by atoms with Crippen LogP contribution in [0.5, 0.6) is 0 Å². The van der Waals surface area contributed by atoms with E-state index in [0.717, 1.165) is 6.07 Å². The minimum Gasteiger partial charge on any atom is -0.396 e. The highest BCUT2D eigenvalue weighted by Gasteiger charge is 2.38. The number of hydrogen-bond acceptors (Lipinski definition) is 4. The highest BCUT2D eigenvalue weighted by molar-refractivity contribution is 7.89. The van der Waals surface area contributed by atoms with Crippen LogP contribution in [0.25, 0.3) is 0 Å². The summed E-state index contributed by atoms with van der Waals surface area (Å²) in [6.45, 7) is 2.20. The zero-order chi connectivity index (χ0) is 14.9. The molecule has 0 saturated carbocycles. The Balaban J connectivity index is 2.43. The first-order valence-corrected chi connectivity index (χ1v) is 7.65. The monoisotopic (exact) mass is 298 g/mol. The van der Waals surface area contributed by atoms with Gasteiger partial charge in [-0.25, -0.2) is 12.8 Å². The molecule has 20 heavy (non-hydrogen) atoms. The van der Waals surface area contributed by atoms with Gasteiger partial charge in [0, 0.05) is 19.7 Å². The van der Waals surface area contributed by atoms with E-state index in [4.69, 9.17) is 5.26 Å². The first kappa shape index (κ1) is 14.9. The third-order valence-electron chi connectivity index (χ3n) is 3.67. The first-order valence-electron chi connectivity index (χ1n) is 6.21. The second-order valence-corrected chi connectivity index (χ2v) is 6.87. The SMILES string of the molecule is C[C@@H]1CN(S(=O)(=O)c2cccc(F)c2C#N)C[C@H]1CO. The largest absolute Gasteiger partial charge is 0.396 e. The lowest BCUT2D eigenvalue weighted by Gasteiger charge is -2.17. The van der Waals surface area contributed by atoms with E-state index in [2.05, 4.69) is 0 Å². The fourth-order valence-electron chi connectivity index (χ4n) is 2.39. The van der Waals surface area contributed by atoms with Crippen molar-refractivity contribution in [1.82, 2.24) is 4.31 Å². The van der Waals surface area contributed by atoms with Crippen LogP contribution >= 0.6 is 0 Å².